The molecule has 1 N–H and O–H groups in total. The SMILES string of the molecule is CN1CCN2c3ncccc3Cc3ccccc3C2C1.CNCCCN1c2ccccc2CCc2ccccc21. The molecular weight excluding hydrogens is 490 g/mol. The van der Waals surface area contributed by atoms with Gasteiger partial charge in [0.2, 0.25) is 0 Å². The summed E-state index contributed by atoms with van der Waals surface area (Å²) in [5, 5.41) is 3.24. The van der Waals surface area contributed by atoms with Crippen LogP contribution in [0.1, 0.15) is 40.3 Å². The summed E-state index contributed by atoms with van der Waals surface area (Å²) in [4.78, 5) is 12.1. The zero-order valence-electron chi connectivity index (χ0n) is 23.9. The van der Waals surface area contributed by atoms with Gasteiger partial charge in [-0.15, -0.1) is 0 Å². The van der Waals surface area contributed by atoms with Crippen molar-refractivity contribution in [2.75, 3.05) is 56.6 Å². The van der Waals surface area contributed by atoms with Crippen LogP contribution in [-0.2, 0) is 19.3 Å². The van der Waals surface area contributed by atoms with Gasteiger partial charge in [-0.3, -0.25) is 0 Å². The van der Waals surface area contributed by atoms with Crippen LogP contribution in [0.25, 0.3) is 0 Å². The van der Waals surface area contributed by atoms with Crippen molar-refractivity contribution in [1.29, 1.82) is 0 Å². The third-order valence-electron chi connectivity index (χ3n) is 8.56. The van der Waals surface area contributed by atoms with E-state index in [1.54, 1.807) is 0 Å². The van der Waals surface area contributed by atoms with Crippen molar-refractivity contribution in [3.63, 3.8) is 0 Å². The lowest BCUT2D eigenvalue weighted by Gasteiger charge is -2.41. The second-order valence-corrected chi connectivity index (χ2v) is 11.2. The molecule has 0 aliphatic carbocycles. The Bertz CT molecular complexity index is 1390. The second-order valence-electron chi connectivity index (χ2n) is 11.2. The van der Waals surface area contributed by atoms with Gasteiger partial charge in [-0.2, -0.15) is 0 Å². The number of hydrogen-bond donors (Lipinski definition) is 1. The molecule has 4 aromatic rings. The first-order chi connectivity index (χ1) is 19.7. The second kappa shape index (κ2) is 12.2. The number of para-hydroxylation sites is 2. The Morgan fingerprint density at radius 3 is 2.15 bits per heavy atom. The van der Waals surface area contributed by atoms with Crippen LogP contribution in [0.2, 0.25) is 0 Å². The zero-order valence-corrected chi connectivity index (χ0v) is 23.9. The molecule has 0 spiro atoms. The smallest absolute Gasteiger partial charge is 0.132 e. The average Bonchev–Trinajstić information content (AvgIpc) is 3.24. The maximum atomic E-state index is 4.68. The van der Waals surface area contributed by atoms with Crippen LogP contribution in [-0.4, -0.2) is 56.7 Å². The summed E-state index contributed by atoms with van der Waals surface area (Å²) >= 11 is 0. The van der Waals surface area contributed by atoms with E-state index < -0.39 is 0 Å². The van der Waals surface area contributed by atoms with Crippen LogP contribution in [0.3, 0.4) is 0 Å². The molecule has 0 amide bonds. The third kappa shape index (κ3) is 5.49. The van der Waals surface area contributed by atoms with Crippen LogP contribution >= 0.6 is 0 Å². The minimum atomic E-state index is 0.432. The lowest BCUT2D eigenvalue weighted by Crippen LogP contribution is -2.47. The molecule has 5 nitrogen and oxygen atoms in total. The number of anilines is 3. The molecule has 0 radical (unpaired) electrons. The number of aromatic nitrogens is 1. The Balaban J connectivity index is 0.000000145. The van der Waals surface area contributed by atoms with Gasteiger partial charge in [0, 0.05) is 50.2 Å². The molecule has 5 heteroatoms. The van der Waals surface area contributed by atoms with Gasteiger partial charge in [0.05, 0.1) is 6.04 Å². The number of aryl methyl sites for hydroxylation is 2. The highest BCUT2D eigenvalue weighted by Crippen LogP contribution is 2.38. The van der Waals surface area contributed by atoms with Gasteiger partial charge < -0.3 is 20.0 Å². The monoisotopic (exact) mass is 531 g/mol. The van der Waals surface area contributed by atoms with Gasteiger partial charge >= 0.3 is 0 Å². The van der Waals surface area contributed by atoms with E-state index in [2.05, 4.69) is 117 Å². The van der Waals surface area contributed by atoms with Crippen LogP contribution < -0.4 is 15.1 Å². The van der Waals surface area contributed by atoms with Gasteiger partial charge in [-0.05, 0) is 85.9 Å². The number of nitrogens with one attached hydrogen (secondary N) is 1. The Morgan fingerprint density at radius 1 is 0.775 bits per heavy atom. The standard InChI is InChI=1S/C18H22N2.C17H19N3/c1-19-13-6-14-20-17-9-4-2-7-15(17)11-12-16-8-3-5-10-18(16)20;1-19-9-10-20-16(12-19)15-7-3-2-5-13(15)11-14-6-4-8-18-17(14)20/h2-5,7-10,19H,6,11-14H2,1H3;2-8,16H,9-12H2,1H3. The summed E-state index contributed by atoms with van der Waals surface area (Å²) in [5.74, 6) is 1.18. The van der Waals surface area contributed by atoms with E-state index in [4.69, 9.17) is 0 Å². The van der Waals surface area contributed by atoms with Gasteiger partial charge in [0.1, 0.15) is 5.82 Å². The predicted octanol–water partition coefficient (Wildman–Crippen LogP) is 6.01. The molecule has 40 heavy (non-hydrogen) atoms. The van der Waals surface area contributed by atoms with Crippen molar-refractivity contribution in [1.82, 2.24) is 15.2 Å². The molecule has 4 heterocycles. The van der Waals surface area contributed by atoms with E-state index in [1.807, 2.05) is 13.2 Å². The van der Waals surface area contributed by atoms with E-state index in [-0.39, 0.29) is 0 Å². The third-order valence-corrected chi connectivity index (χ3v) is 8.56. The summed E-state index contributed by atoms with van der Waals surface area (Å²) in [6.45, 7) is 5.36. The molecule has 3 aromatic carbocycles. The Morgan fingerprint density at radius 2 is 1.43 bits per heavy atom. The van der Waals surface area contributed by atoms with Crippen molar-refractivity contribution in [3.05, 3.63) is 119 Å². The molecular formula is C35H41N5. The quantitative estimate of drug-likeness (QED) is 0.326. The fourth-order valence-electron chi connectivity index (χ4n) is 6.52. The number of hydrogen-bond acceptors (Lipinski definition) is 5. The number of benzene rings is 3. The number of piperazine rings is 1. The van der Waals surface area contributed by atoms with Crippen molar-refractivity contribution in [2.45, 2.75) is 31.7 Å². The van der Waals surface area contributed by atoms with Crippen LogP contribution in [0.5, 0.6) is 0 Å². The summed E-state index contributed by atoms with van der Waals surface area (Å²) in [6.07, 6.45) is 6.34. The van der Waals surface area contributed by atoms with Gasteiger partial charge in [0.25, 0.3) is 0 Å². The Labute approximate surface area is 239 Å². The summed E-state index contributed by atoms with van der Waals surface area (Å²) in [5.41, 5.74) is 9.97. The van der Waals surface area contributed by atoms with E-state index >= 15 is 0 Å². The van der Waals surface area contributed by atoms with Crippen LogP contribution in [0, 0.1) is 0 Å². The molecule has 3 aliphatic heterocycles. The first-order valence-corrected chi connectivity index (χ1v) is 14.8. The first-order valence-electron chi connectivity index (χ1n) is 14.8. The molecule has 0 bridgehead atoms. The summed E-state index contributed by atoms with van der Waals surface area (Å²) in [6, 6.07) is 31.2. The highest BCUT2D eigenvalue weighted by molar-refractivity contribution is 5.71. The van der Waals surface area contributed by atoms with Crippen LogP contribution in [0.4, 0.5) is 17.2 Å². The minimum absolute atomic E-state index is 0.432. The van der Waals surface area contributed by atoms with E-state index in [9.17, 15) is 0 Å². The largest absolute Gasteiger partial charge is 0.347 e. The number of rotatable bonds is 4. The fourth-order valence-corrected chi connectivity index (χ4v) is 6.52. The number of nitrogens with zero attached hydrogens (tertiary/aromatic N) is 4. The van der Waals surface area contributed by atoms with Gasteiger partial charge in [-0.25, -0.2) is 4.98 Å². The lowest BCUT2D eigenvalue weighted by molar-refractivity contribution is 0.268. The average molecular weight is 532 g/mol. The molecule has 1 fully saturated rings. The van der Waals surface area contributed by atoms with Crippen molar-refractivity contribution in [3.8, 4) is 0 Å². The number of fused-ring (bicyclic) bond motifs is 7. The molecule has 1 atom stereocenters. The van der Waals surface area contributed by atoms with Gasteiger partial charge in [0.15, 0.2) is 0 Å². The Hall–Kier alpha value is -3.67. The topological polar surface area (TPSA) is 34.6 Å². The normalized spacial score (nSPS) is 17.6. The van der Waals surface area contributed by atoms with Crippen molar-refractivity contribution < 1.29 is 0 Å². The predicted molar refractivity (Wildman–Crippen MR) is 167 cm³/mol. The van der Waals surface area contributed by atoms with E-state index in [1.165, 1.54) is 45.0 Å². The van der Waals surface area contributed by atoms with E-state index in [0.29, 0.717) is 6.04 Å². The molecule has 7 rings (SSSR count). The summed E-state index contributed by atoms with van der Waals surface area (Å²) in [7, 11) is 4.23. The zero-order chi connectivity index (χ0) is 27.3. The van der Waals surface area contributed by atoms with Crippen molar-refractivity contribution >= 4 is 17.2 Å². The molecule has 0 saturated carbocycles. The minimum Gasteiger partial charge on any atom is -0.347 e. The van der Waals surface area contributed by atoms with Crippen LogP contribution in [0.15, 0.2) is 91.1 Å². The molecule has 206 valence electrons. The van der Waals surface area contributed by atoms with Gasteiger partial charge in [-0.1, -0.05) is 66.7 Å². The summed E-state index contributed by atoms with van der Waals surface area (Å²) < 4.78 is 0. The maximum absolute atomic E-state index is 4.68. The maximum Gasteiger partial charge on any atom is 0.132 e. The fraction of sp³-hybridized carbons (Fsp3) is 0.343. The molecule has 1 unspecified atom stereocenters. The molecule has 3 aliphatic rings. The highest BCUT2D eigenvalue weighted by atomic mass is 15.3. The number of pyridine rings is 1. The Kier molecular flexibility index (Phi) is 8.12. The number of likely N-dealkylation sites (N-methyl/N-ethyl adjacent to an activating group) is 1. The van der Waals surface area contributed by atoms with Crippen molar-refractivity contribution in [2.24, 2.45) is 0 Å². The first kappa shape index (κ1) is 26.5. The molecule has 1 aromatic heterocycles. The lowest BCUT2D eigenvalue weighted by atomic mass is 9.96. The molecule has 1 saturated heterocycles. The van der Waals surface area contributed by atoms with E-state index in [0.717, 1.165) is 58.4 Å². The highest BCUT2D eigenvalue weighted by Gasteiger charge is 2.32.